The second kappa shape index (κ2) is 6.37. The Morgan fingerprint density at radius 3 is 2.58 bits per heavy atom. The zero-order valence-corrected chi connectivity index (χ0v) is 15.7. The van der Waals surface area contributed by atoms with Crippen molar-refractivity contribution in [3.8, 4) is 0 Å². The van der Waals surface area contributed by atoms with Crippen molar-refractivity contribution in [3.63, 3.8) is 0 Å². The van der Waals surface area contributed by atoms with E-state index in [4.69, 9.17) is 4.74 Å². The van der Waals surface area contributed by atoms with Crippen LogP contribution in [0.5, 0.6) is 0 Å². The van der Waals surface area contributed by atoms with Crippen LogP contribution in [0.2, 0.25) is 0 Å². The van der Waals surface area contributed by atoms with Gasteiger partial charge < -0.3 is 4.74 Å². The van der Waals surface area contributed by atoms with Crippen LogP contribution in [0.4, 0.5) is 14.9 Å². The molecular weight excluding hydrogens is 337 g/mol. The maximum absolute atomic E-state index is 14.3. The molecule has 140 valence electrons. The van der Waals surface area contributed by atoms with Gasteiger partial charge in [0, 0.05) is 6.04 Å². The number of aromatic nitrogens is 2. The third kappa shape index (κ3) is 3.30. The van der Waals surface area contributed by atoms with Gasteiger partial charge in [-0.3, -0.25) is 14.7 Å². The lowest BCUT2D eigenvalue weighted by Gasteiger charge is -2.36. The fourth-order valence-electron chi connectivity index (χ4n) is 3.32. The number of fused-ring (bicyclic) bond motifs is 1. The van der Waals surface area contributed by atoms with Gasteiger partial charge >= 0.3 is 6.09 Å². The lowest BCUT2D eigenvalue weighted by Crippen LogP contribution is -2.37. The molecule has 6 nitrogen and oxygen atoms in total. The Morgan fingerprint density at radius 2 is 2.04 bits per heavy atom. The Balaban J connectivity index is 2.13. The molecule has 2 atom stereocenters. The number of aryl methyl sites for hydroxylation is 1. The molecule has 3 rings (SSSR count). The summed E-state index contributed by atoms with van der Waals surface area (Å²) in [6.45, 7) is 9.01. The van der Waals surface area contributed by atoms with Gasteiger partial charge in [-0.25, -0.2) is 14.2 Å². The first-order valence-electron chi connectivity index (χ1n) is 8.80. The van der Waals surface area contributed by atoms with E-state index in [1.165, 1.54) is 12.1 Å². The number of ether oxygens (including phenoxy) is 1. The third-order valence-corrected chi connectivity index (χ3v) is 4.73. The van der Waals surface area contributed by atoms with Crippen molar-refractivity contribution in [1.29, 1.82) is 0 Å². The fourth-order valence-corrected chi connectivity index (χ4v) is 3.32. The number of nitrogens with zero attached hydrogens (tertiary/aromatic N) is 2. The van der Waals surface area contributed by atoms with Gasteiger partial charge in [0.25, 0.3) is 5.56 Å². The predicted molar refractivity (Wildman–Crippen MR) is 98.0 cm³/mol. The average molecular weight is 361 g/mol. The molecule has 1 aromatic carbocycles. The van der Waals surface area contributed by atoms with Gasteiger partial charge in [-0.15, -0.1) is 0 Å². The molecule has 0 bridgehead atoms. The fraction of sp³-hybridized carbons (Fsp3) is 0.526. The lowest BCUT2D eigenvalue weighted by atomic mass is 9.81. The summed E-state index contributed by atoms with van der Waals surface area (Å²) in [6.07, 6.45) is 1.23. The summed E-state index contributed by atoms with van der Waals surface area (Å²) in [7, 11) is 0. The van der Waals surface area contributed by atoms with Crippen LogP contribution in [-0.2, 0) is 4.74 Å². The van der Waals surface area contributed by atoms with Gasteiger partial charge in [0.05, 0.1) is 11.1 Å². The highest BCUT2D eigenvalue weighted by atomic mass is 19.1. The minimum Gasteiger partial charge on any atom is -0.444 e. The molecule has 26 heavy (non-hydrogen) atoms. The van der Waals surface area contributed by atoms with E-state index in [-0.39, 0.29) is 28.2 Å². The SMILES string of the molecule is Cc1nc2c(F)ccc(NC(=O)OC(C)(C)C)c2c(=O)n1[C@H]1CC[C@@H]1C. The monoisotopic (exact) mass is 361 g/mol. The first kappa shape index (κ1) is 18.4. The summed E-state index contributed by atoms with van der Waals surface area (Å²) < 4.78 is 21.1. The topological polar surface area (TPSA) is 73.2 Å². The molecule has 1 aromatic heterocycles. The number of amides is 1. The van der Waals surface area contributed by atoms with Gasteiger partial charge in [0.2, 0.25) is 0 Å². The molecule has 1 fully saturated rings. The standard InChI is InChI=1S/C19H24FN3O3/c1-10-6-9-14(10)23-11(2)21-16-12(20)7-8-13(15(16)17(23)24)22-18(25)26-19(3,4)5/h7-8,10,14H,6,9H2,1-5H3,(H,22,25)/t10-,14-/m0/s1. The molecule has 0 radical (unpaired) electrons. The van der Waals surface area contributed by atoms with E-state index >= 15 is 0 Å². The number of nitrogens with one attached hydrogen (secondary N) is 1. The van der Waals surface area contributed by atoms with Gasteiger partial charge in [0.1, 0.15) is 22.8 Å². The maximum Gasteiger partial charge on any atom is 0.412 e. The van der Waals surface area contributed by atoms with Gasteiger partial charge in [-0.2, -0.15) is 0 Å². The molecular formula is C19H24FN3O3. The molecule has 1 aliphatic carbocycles. The Hall–Kier alpha value is -2.44. The lowest BCUT2D eigenvalue weighted by molar-refractivity contribution is 0.0636. The van der Waals surface area contributed by atoms with Crippen LogP contribution in [0.15, 0.2) is 16.9 Å². The second-order valence-corrected chi connectivity index (χ2v) is 7.90. The molecule has 2 aromatic rings. The van der Waals surface area contributed by atoms with E-state index in [9.17, 15) is 14.0 Å². The molecule has 1 N–H and O–H groups in total. The zero-order valence-electron chi connectivity index (χ0n) is 15.7. The Morgan fingerprint density at radius 1 is 1.35 bits per heavy atom. The van der Waals surface area contributed by atoms with Crippen LogP contribution in [0.25, 0.3) is 10.9 Å². The maximum atomic E-state index is 14.3. The van der Waals surface area contributed by atoms with Crippen LogP contribution in [0, 0.1) is 18.7 Å². The first-order chi connectivity index (χ1) is 12.1. The Kier molecular flexibility index (Phi) is 4.50. The summed E-state index contributed by atoms with van der Waals surface area (Å²) in [6, 6.07) is 2.61. The molecule has 0 spiro atoms. The Bertz CT molecular complexity index is 930. The summed E-state index contributed by atoms with van der Waals surface area (Å²) in [5, 5.41) is 2.63. The van der Waals surface area contributed by atoms with Gasteiger partial charge in [-0.1, -0.05) is 6.92 Å². The summed E-state index contributed by atoms with van der Waals surface area (Å²) in [4.78, 5) is 29.6. The van der Waals surface area contributed by atoms with Crippen molar-refractivity contribution >= 4 is 22.7 Å². The van der Waals surface area contributed by atoms with Gasteiger partial charge in [-0.05, 0) is 58.6 Å². The molecule has 1 saturated carbocycles. The summed E-state index contributed by atoms with van der Waals surface area (Å²) in [5.74, 6) is 0.248. The number of benzene rings is 1. The van der Waals surface area contributed by atoms with E-state index in [2.05, 4.69) is 17.2 Å². The minimum atomic E-state index is -0.700. The highest BCUT2D eigenvalue weighted by Crippen LogP contribution is 2.38. The first-order valence-corrected chi connectivity index (χ1v) is 8.80. The molecule has 0 aliphatic heterocycles. The van der Waals surface area contributed by atoms with E-state index < -0.39 is 17.5 Å². The number of anilines is 1. The largest absolute Gasteiger partial charge is 0.444 e. The molecule has 0 unspecified atom stereocenters. The van der Waals surface area contributed by atoms with Crippen molar-refractivity contribution in [1.82, 2.24) is 9.55 Å². The molecule has 1 aliphatic rings. The van der Waals surface area contributed by atoms with Crippen molar-refractivity contribution in [2.75, 3.05) is 5.32 Å². The van der Waals surface area contributed by atoms with E-state index in [1.54, 1.807) is 32.3 Å². The predicted octanol–water partition coefficient (Wildman–Crippen LogP) is 4.16. The van der Waals surface area contributed by atoms with Crippen molar-refractivity contribution in [3.05, 3.63) is 34.1 Å². The summed E-state index contributed by atoms with van der Waals surface area (Å²) >= 11 is 0. The van der Waals surface area contributed by atoms with Crippen LogP contribution < -0.4 is 10.9 Å². The van der Waals surface area contributed by atoms with Crippen LogP contribution >= 0.6 is 0 Å². The van der Waals surface area contributed by atoms with Crippen molar-refractivity contribution < 1.29 is 13.9 Å². The van der Waals surface area contributed by atoms with Crippen molar-refractivity contribution in [2.24, 2.45) is 5.92 Å². The zero-order chi connectivity index (χ0) is 19.2. The molecule has 7 heteroatoms. The summed E-state index contributed by atoms with van der Waals surface area (Å²) in [5.41, 5.74) is -0.858. The second-order valence-electron chi connectivity index (χ2n) is 7.90. The number of rotatable bonds is 2. The van der Waals surface area contributed by atoms with E-state index in [0.717, 1.165) is 12.8 Å². The van der Waals surface area contributed by atoms with E-state index in [0.29, 0.717) is 11.7 Å². The highest BCUT2D eigenvalue weighted by molar-refractivity contribution is 5.98. The minimum absolute atomic E-state index is 0.0377. The highest BCUT2D eigenvalue weighted by Gasteiger charge is 2.31. The number of hydrogen-bond donors (Lipinski definition) is 1. The smallest absolute Gasteiger partial charge is 0.412 e. The van der Waals surface area contributed by atoms with Crippen LogP contribution in [-0.4, -0.2) is 21.2 Å². The normalized spacial score (nSPS) is 19.9. The number of carbonyl (C=O) groups excluding carboxylic acids is 1. The van der Waals surface area contributed by atoms with Gasteiger partial charge in [0.15, 0.2) is 0 Å². The van der Waals surface area contributed by atoms with E-state index in [1.807, 2.05) is 0 Å². The number of carbonyl (C=O) groups is 1. The third-order valence-electron chi connectivity index (χ3n) is 4.73. The Labute approximate surface area is 151 Å². The molecule has 1 amide bonds. The van der Waals surface area contributed by atoms with Crippen molar-refractivity contribution in [2.45, 2.75) is 59.1 Å². The number of halogens is 1. The molecule has 0 saturated heterocycles. The van der Waals surface area contributed by atoms with Crippen LogP contribution in [0.1, 0.15) is 52.4 Å². The molecule has 1 heterocycles. The average Bonchev–Trinajstić information content (AvgIpc) is 2.50. The number of hydrogen-bond acceptors (Lipinski definition) is 4. The van der Waals surface area contributed by atoms with Crippen LogP contribution in [0.3, 0.4) is 0 Å². The quantitative estimate of drug-likeness (QED) is 0.872.